The quantitative estimate of drug-likeness (QED) is 0.883. The summed E-state index contributed by atoms with van der Waals surface area (Å²) < 4.78 is 0. The lowest BCUT2D eigenvalue weighted by Gasteiger charge is -2.23. The van der Waals surface area contributed by atoms with E-state index in [1.807, 2.05) is 25.1 Å². The molecule has 2 aromatic rings. The molecular weight excluding hydrogens is 332 g/mol. The molecule has 0 unspecified atom stereocenters. The number of aryl methyl sites for hydroxylation is 1. The minimum atomic E-state index is -0.535. The molecule has 0 saturated heterocycles. The number of hydrazone groups is 1. The van der Waals surface area contributed by atoms with Crippen molar-refractivity contribution in [3.05, 3.63) is 59.7 Å². The first kappa shape index (κ1) is 17.3. The zero-order valence-electron chi connectivity index (χ0n) is 14.2. The molecule has 0 saturated carbocycles. The molecule has 1 heterocycles. The summed E-state index contributed by atoms with van der Waals surface area (Å²) in [5.41, 5.74) is 7.96. The molecule has 0 aliphatic carbocycles. The van der Waals surface area contributed by atoms with Gasteiger partial charge in [0.15, 0.2) is 0 Å². The maximum atomic E-state index is 12.5. The van der Waals surface area contributed by atoms with E-state index in [-0.39, 0.29) is 30.4 Å². The van der Waals surface area contributed by atoms with Gasteiger partial charge in [0, 0.05) is 24.1 Å². The molecule has 3 rings (SSSR count). The minimum absolute atomic E-state index is 0.155. The number of benzene rings is 2. The van der Waals surface area contributed by atoms with E-state index in [4.69, 9.17) is 5.73 Å². The Hall–Kier alpha value is -3.48. The molecule has 0 aromatic heterocycles. The summed E-state index contributed by atoms with van der Waals surface area (Å²) in [7, 11) is 0. The molecule has 26 heavy (non-hydrogen) atoms. The second-order valence-electron chi connectivity index (χ2n) is 5.99. The zero-order valence-corrected chi connectivity index (χ0v) is 14.2. The van der Waals surface area contributed by atoms with Crippen LogP contribution in [0.15, 0.2) is 53.6 Å². The Kier molecular flexibility index (Phi) is 4.79. The van der Waals surface area contributed by atoms with Gasteiger partial charge in [0.1, 0.15) is 5.71 Å². The number of hydrogen-bond donors (Lipinski definition) is 2. The molecular formula is C19H18N4O3. The number of rotatable bonds is 4. The fourth-order valence-corrected chi connectivity index (χ4v) is 2.60. The summed E-state index contributed by atoms with van der Waals surface area (Å²) >= 11 is 0. The van der Waals surface area contributed by atoms with Crippen LogP contribution in [0.1, 0.15) is 28.8 Å². The molecule has 7 nitrogen and oxygen atoms in total. The molecule has 7 heteroatoms. The highest BCUT2D eigenvalue weighted by Gasteiger charge is 2.25. The fourth-order valence-electron chi connectivity index (χ4n) is 2.60. The van der Waals surface area contributed by atoms with Crippen LogP contribution in [0, 0.1) is 6.92 Å². The second-order valence-corrected chi connectivity index (χ2v) is 5.99. The normalized spacial score (nSPS) is 14.0. The van der Waals surface area contributed by atoms with Crippen molar-refractivity contribution in [3.63, 3.8) is 0 Å². The van der Waals surface area contributed by atoms with Crippen molar-refractivity contribution in [1.29, 1.82) is 0 Å². The lowest BCUT2D eigenvalue weighted by Crippen LogP contribution is -2.36. The predicted molar refractivity (Wildman–Crippen MR) is 98.9 cm³/mol. The maximum Gasteiger partial charge on any atom is 0.271 e. The first-order valence-corrected chi connectivity index (χ1v) is 8.12. The van der Waals surface area contributed by atoms with Gasteiger partial charge in [-0.15, -0.1) is 0 Å². The lowest BCUT2D eigenvalue weighted by atomic mass is 10.1. The Morgan fingerprint density at radius 2 is 1.85 bits per heavy atom. The van der Waals surface area contributed by atoms with Gasteiger partial charge in [0.05, 0.1) is 5.69 Å². The number of nitrogens with two attached hydrogens (primary N) is 1. The molecule has 0 atom stereocenters. The number of nitrogens with zero attached hydrogens (tertiary/aromatic N) is 2. The van der Waals surface area contributed by atoms with Crippen LogP contribution in [0.5, 0.6) is 0 Å². The van der Waals surface area contributed by atoms with Crippen LogP contribution in [-0.2, 0) is 9.59 Å². The van der Waals surface area contributed by atoms with Crippen molar-refractivity contribution >= 4 is 34.8 Å². The Morgan fingerprint density at radius 1 is 1.12 bits per heavy atom. The SMILES string of the molecule is Cc1cccc(N2N=C(C(=O)Nc3ccc(C(N)=O)cc3)CCC2=O)c1. The van der Waals surface area contributed by atoms with Crippen molar-refractivity contribution in [2.75, 3.05) is 10.3 Å². The third-order valence-corrected chi connectivity index (χ3v) is 3.97. The topological polar surface area (TPSA) is 105 Å². The number of carbonyl (C=O) groups is 3. The van der Waals surface area contributed by atoms with Crippen molar-refractivity contribution < 1.29 is 14.4 Å². The van der Waals surface area contributed by atoms with Gasteiger partial charge in [-0.1, -0.05) is 12.1 Å². The minimum Gasteiger partial charge on any atom is -0.366 e. The molecule has 3 N–H and O–H groups in total. The van der Waals surface area contributed by atoms with E-state index in [9.17, 15) is 14.4 Å². The van der Waals surface area contributed by atoms with E-state index >= 15 is 0 Å². The van der Waals surface area contributed by atoms with Gasteiger partial charge < -0.3 is 11.1 Å². The molecule has 0 spiro atoms. The average molecular weight is 350 g/mol. The Morgan fingerprint density at radius 3 is 2.50 bits per heavy atom. The van der Waals surface area contributed by atoms with E-state index in [0.717, 1.165) is 5.56 Å². The first-order valence-electron chi connectivity index (χ1n) is 8.12. The van der Waals surface area contributed by atoms with Crippen molar-refractivity contribution in [1.82, 2.24) is 0 Å². The van der Waals surface area contributed by atoms with E-state index in [0.29, 0.717) is 16.9 Å². The molecule has 1 aliphatic rings. The van der Waals surface area contributed by atoms with Crippen LogP contribution in [0.25, 0.3) is 0 Å². The zero-order chi connectivity index (χ0) is 18.7. The molecule has 0 bridgehead atoms. The van der Waals surface area contributed by atoms with Crippen LogP contribution in [-0.4, -0.2) is 23.4 Å². The summed E-state index contributed by atoms with van der Waals surface area (Å²) in [6.45, 7) is 1.92. The number of nitrogens with one attached hydrogen (secondary N) is 1. The van der Waals surface area contributed by atoms with Crippen LogP contribution in [0.4, 0.5) is 11.4 Å². The predicted octanol–water partition coefficient (Wildman–Crippen LogP) is 2.22. The van der Waals surface area contributed by atoms with Gasteiger partial charge in [0.2, 0.25) is 11.8 Å². The molecule has 2 aromatic carbocycles. The molecule has 132 valence electrons. The van der Waals surface area contributed by atoms with Crippen molar-refractivity contribution in [2.45, 2.75) is 19.8 Å². The number of hydrogen-bond acceptors (Lipinski definition) is 4. The highest BCUT2D eigenvalue weighted by molar-refractivity contribution is 6.44. The van der Waals surface area contributed by atoms with E-state index in [1.165, 1.54) is 17.1 Å². The number of carbonyl (C=O) groups excluding carboxylic acids is 3. The summed E-state index contributed by atoms with van der Waals surface area (Å²) in [6, 6.07) is 13.6. The van der Waals surface area contributed by atoms with Crippen LogP contribution in [0.2, 0.25) is 0 Å². The van der Waals surface area contributed by atoms with Gasteiger partial charge in [0.25, 0.3) is 5.91 Å². The molecule has 3 amide bonds. The highest BCUT2D eigenvalue weighted by Crippen LogP contribution is 2.21. The monoisotopic (exact) mass is 350 g/mol. The fraction of sp³-hybridized carbons (Fsp3) is 0.158. The number of amides is 3. The first-order chi connectivity index (χ1) is 12.4. The number of primary amides is 1. The smallest absolute Gasteiger partial charge is 0.271 e. The third-order valence-electron chi connectivity index (χ3n) is 3.97. The van der Waals surface area contributed by atoms with Gasteiger partial charge in [-0.05, 0) is 48.9 Å². The summed E-state index contributed by atoms with van der Waals surface area (Å²) in [6.07, 6.45) is 0.479. The maximum absolute atomic E-state index is 12.5. The largest absolute Gasteiger partial charge is 0.366 e. The molecule has 0 radical (unpaired) electrons. The van der Waals surface area contributed by atoms with Crippen molar-refractivity contribution in [2.24, 2.45) is 10.8 Å². The van der Waals surface area contributed by atoms with Gasteiger partial charge in [-0.2, -0.15) is 5.10 Å². The van der Waals surface area contributed by atoms with Crippen LogP contribution < -0.4 is 16.1 Å². The standard InChI is InChI=1S/C19H18N4O3/c1-12-3-2-4-15(11-12)23-17(24)10-9-16(22-23)19(26)21-14-7-5-13(6-8-14)18(20)25/h2-8,11H,9-10H2,1H3,(H2,20,25)(H,21,26). The van der Waals surface area contributed by atoms with E-state index in [2.05, 4.69) is 10.4 Å². The summed E-state index contributed by atoms with van der Waals surface area (Å²) in [5, 5.41) is 8.21. The van der Waals surface area contributed by atoms with Crippen molar-refractivity contribution in [3.8, 4) is 0 Å². The van der Waals surface area contributed by atoms with Crippen LogP contribution >= 0.6 is 0 Å². The lowest BCUT2D eigenvalue weighted by molar-refractivity contribution is -0.118. The average Bonchev–Trinajstić information content (AvgIpc) is 2.62. The van der Waals surface area contributed by atoms with Gasteiger partial charge >= 0.3 is 0 Å². The second kappa shape index (κ2) is 7.18. The Bertz CT molecular complexity index is 903. The van der Waals surface area contributed by atoms with Crippen LogP contribution in [0.3, 0.4) is 0 Å². The Balaban J connectivity index is 1.79. The van der Waals surface area contributed by atoms with E-state index < -0.39 is 5.91 Å². The molecule has 0 fully saturated rings. The van der Waals surface area contributed by atoms with E-state index in [1.54, 1.807) is 18.2 Å². The number of anilines is 2. The van der Waals surface area contributed by atoms with Gasteiger partial charge in [-0.25, -0.2) is 5.01 Å². The summed E-state index contributed by atoms with van der Waals surface area (Å²) in [4.78, 5) is 35.7. The molecule has 1 aliphatic heterocycles. The highest BCUT2D eigenvalue weighted by atomic mass is 16.2. The third kappa shape index (κ3) is 3.77. The van der Waals surface area contributed by atoms with Gasteiger partial charge in [-0.3, -0.25) is 14.4 Å². The summed E-state index contributed by atoms with van der Waals surface area (Å²) in [5.74, 6) is -1.08. The Labute approximate surface area is 150 Å².